The Hall–Kier alpha value is -3.34. The van der Waals surface area contributed by atoms with Crippen LogP contribution in [-0.4, -0.2) is 45.4 Å². The lowest BCUT2D eigenvalue weighted by Gasteiger charge is -2.21. The van der Waals surface area contributed by atoms with Crippen LogP contribution in [0.5, 0.6) is 5.75 Å². The first kappa shape index (κ1) is 34.0. The summed E-state index contributed by atoms with van der Waals surface area (Å²) in [6.45, 7) is 5.72. The first-order chi connectivity index (χ1) is 21.6. The van der Waals surface area contributed by atoms with Gasteiger partial charge >= 0.3 is 6.09 Å². The highest BCUT2D eigenvalue weighted by Gasteiger charge is 2.42. The van der Waals surface area contributed by atoms with Crippen molar-refractivity contribution in [1.29, 1.82) is 0 Å². The van der Waals surface area contributed by atoms with E-state index >= 15 is 0 Å². The van der Waals surface area contributed by atoms with Crippen LogP contribution in [0.15, 0.2) is 75.1 Å². The van der Waals surface area contributed by atoms with E-state index in [-0.39, 0.29) is 47.1 Å². The van der Waals surface area contributed by atoms with Gasteiger partial charge in [-0.1, -0.05) is 53.5 Å². The molecule has 0 bridgehead atoms. The van der Waals surface area contributed by atoms with E-state index in [1.54, 1.807) is 39.0 Å². The van der Waals surface area contributed by atoms with Crippen LogP contribution in [0.4, 0.5) is 10.6 Å². The summed E-state index contributed by atoms with van der Waals surface area (Å²) in [5, 5.41) is 7.46. The summed E-state index contributed by atoms with van der Waals surface area (Å²) in [5.41, 5.74) is 1.39. The lowest BCUT2D eigenvalue weighted by Crippen LogP contribution is -2.37. The van der Waals surface area contributed by atoms with Gasteiger partial charge in [-0.25, -0.2) is 4.79 Å². The molecule has 0 atom stereocenters. The summed E-state index contributed by atoms with van der Waals surface area (Å²) >= 11 is 13.6. The number of carbonyl (C=O) groups is 1. The number of nitrogens with zero attached hydrogens (tertiary/aromatic N) is 3. The third-order valence-corrected chi connectivity index (χ3v) is 13.8. The number of hydrogen-bond acceptors (Lipinski definition) is 10. The summed E-state index contributed by atoms with van der Waals surface area (Å²) in [7, 11) is -8.14. The van der Waals surface area contributed by atoms with Crippen LogP contribution in [0, 0.1) is 0 Å². The minimum atomic E-state index is -4.77. The number of ether oxygens (including phenoxy) is 2. The number of rotatable bonds is 10. The molecule has 1 N–H and O–H groups in total. The molecule has 2 aromatic carbocycles. The summed E-state index contributed by atoms with van der Waals surface area (Å²) in [6, 6.07) is 17.5. The highest BCUT2D eigenvalue weighted by Crippen LogP contribution is 2.42. The van der Waals surface area contributed by atoms with E-state index < -0.39 is 31.7 Å². The number of anilines is 1. The van der Waals surface area contributed by atoms with E-state index in [1.165, 1.54) is 36.1 Å². The summed E-state index contributed by atoms with van der Waals surface area (Å²) in [5.74, 6) is -0.161. The van der Waals surface area contributed by atoms with Crippen molar-refractivity contribution in [2.45, 2.75) is 47.9 Å². The van der Waals surface area contributed by atoms with Crippen molar-refractivity contribution in [3.63, 3.8) is 0 Å². The number of alkyl carbamates (subject to hydrolysis) is 1. The van der Waals surface area contributed by atoms with Crippen LogP contribution in [0.2, 0.25) is 8.67 Å². The van der Waals surface area contributed by atoms with Crippen molar-refractivity contribution in [3.05, 3.63) is 86.5 Å². The molecule has 17 heteroatoms. The van der Waals surface area contributed by atoms with Gasteiger partial charge in [0.2, 0.25) is 0 Å². The number of thiophene rings is 2. The van der Waals surface area contributed by atoms with Crippen LogP contribution >= 0.6 is 45.9 Å². The quantitative estimate of drug-likeness (QED) is 0.160. The smallest absolute Gasteiger partial charge is 0.407 e. The van der Waals surface area contributed by atoms with Crippen molar-refractivity contribution in [2.75, 3.05) is 10.8 Å². The average Bonchev–Trinajstić information content (AvgIpc) is 3.71. The second kappa shape index (κ2) is 13.0. The molecule has 0 spiro atoms. The van der Waals surface area contributed by atoms with Gasteiger partial charge in [-0.3, -0.25) is 4.68 Å². The molecule has 244 valence electrons. The topological polar surface area (TPSA) is 137 Å². The Kier molecular flexibility index (Phi) is 9.64. The molecule has 0 aliphatic heterocycles. The average molecular weight is 744 g/mol. The van der Waals surface area contributed by atoms with E-state index in [2.05, 4.69) is 10.4 Å². The molecular formula is C29H28Cl2N4O7S4. The van der Waals surface area contributed by atoms with Crippen LogP contribution < -0.4 is 13.8 Å². The van der Waals surface area contributed by atoms with Crippen molar-refractivity contribution in [3.8, 4) is 5.75 Å². The maximum Gasteiger partial charge on any atom is 0.407 e. The number of nitrogens with one attached hydrogen (secondary N) is 1. The van der Waals surface area contributed by atoms with E-state index in [0.29, 0.717) is 9.23 Å². The molecule has 46 heavy (non-hydrogen) atoms. The molecule has 1 amide bonds. The Labute approximate surface area is 284 Å². The summed E-state index contributed by atoms with van der Waals surface area (Å²) < 4.78 is 69.0. The molecule has 0 saturated heterocycles. The predicted molar refractivity (Wildman–Crippen MR) is 180 cm³/mol. The number of aromatic nitrogens is 2. The molecule has 0 radical (unpaired) electrons. The molecule has 0 fully saturated rings. The monoisotopic (exact) mass is 742 g/mol. The number of methoxy groups -OCH3 is 1. The van der Waals surface area contributed by atoms with E-state index in [1.807, 2.05) is 24.3 Å². The molecule has 3 heterocycles. The van der Waals surface area contributed by atoms with Gasteiger partial charge in [0.15, 0.2) is 5.82 Å². The van der Waals surface area contributed by atoms with Gasteiger partial charge in [0.05, 0.1) is 33.2 Å². The largest absolute Gasteiger partial charge is 0.496 e. The van der Waals surface area contributed by atoms with E-state index in [0.717, 1.165) is 33.8 Å². The van der Waals surface area contributed by atoms with Crippen molar-refractivity contribution in [1.82, 2.24) is 15.1 Å². The van der Waals surface area contributed by atoms with Crippen LogP contribution in [-0.2, 0) is 37.9 Å². The van der Waals surface area contributed by atoms with E-state index in [4.69, 9.17) is 32.7 Å². The number of halogens is 2. The molecule has 5 rings (SSSR count). The van der Waals surface area contributed by atoms with Gasteiger partial charge in [-0.15, -0.1) is 26.4 Å². The number of amides is 1. The second-order valence-corrected chi connectivity index (χ2v) is 18.5. The Balaban J connectivity index is 1.58. The normalized spacial score (nSPS) is 12.3. The molecular weight excluding hydrogens is 716 g/mol. The Morgan fingerprint density at radius 1 is 0.891 bits per heavy atom. The zero-order valence-electron chi connectivity index (χ0n) is 24.9. The fraction of sp³-hybridized carbons (Fsp3) is 0.241. The Bertz CT molecular complexity index is 2050. The standard InChI is InChI=1S/C29H28Cl2N4O7S4/c1-29(2,3)42-28(36)32-16-18-8-10-19(11-9-18)17-34-20-6-5-7-21(41-4)26(20)27(33-34)35(45(37,38)24-14-12-22(30)43-24)46(39,40)25-15-13-23(31)44-25/h5-15H,16-17H2,1-4H3,(H,32,36). The lowest BCUT2D eigenvalue weighted by atomic mass is 10.1. The maximum atomic E-state index is 14.1. The molecule has 0 unspecified atom stereocenters. The number of hydrogen-bond donors (Lipinski definition) is 1. The van der Waals surface area contributed by atoms with Crippen LogP contribution in [0.1, 0.15) is 31.9 Å². The fourth-order valence-corrected chi connectivity index (χ4v) is 11.4. The molecule has 0 aliphatic carbocycles. The van der Waals surface area contributed by atoms with Gasteiger partial charge < -0.3 is 14.8 Å². The lowest BCUT2D eigenvalue weighted by molar-refractivity contribution is 0.0523. The van der Waals surface area contributed by atoms with Crippen molar-refractivity contribution in [2.24, 2.45) is 0 Å². The third-order valence-electron chi connectivity index (χ3n) is 6.35. The van der Waals surface area contributed by atoms with E-state index in [9.17, 15) is 21.6 Å². The first-order valence-electron chi connectivity index (χ1n) is 13.5. The van der Waals surface area contributed by atoms with Gasteiger partial charge in [0.1, 0.15) is 19.8 Å². The number of sulfonamides is 2. The van der Waals surface area contributed by atoms with Gasteiger partial charge in [-0.2, -0.15) is 21.9 Å². The highest BCUT2D eigenvalue weighted by atomic mass is 35.5. The van der Waals surface area contributed by atoms with Gasteiger partial charge in [-0.05, 0) is 68.3 Å². The predicted octanol–water partition coefficient (Wildman–Crippen LogP) is 7.13. The van der Waals surface area contributed by atoms with Crippen molar-refractivity contribution < 1.29 is 31.1 Å². The number of fused-ring (bicyclic) bond motifs is 1. The molecule has 0 saturated carbocycles. The first-order valence-corrected chi connectivity index (χ1v) is 18.8. The van der Waals surface area contributed by atoms with Crippen molar-refractivity contribution >= 4 is 88.7 Å². The number of benzene rings is 2. The SMILES string of the molecule is COc1cccc2c1c(N(S(=O)(=O)c1ccc(Cl)s1)S(=O)(=O)c1ccc(Cl)s1)nn2Cc1ccc(CNC(=O)OC(C)(C)C)cc1. The minimum absolute atomic E-state index is 0.146. The minimum Gasteiger partial charge on any atom is -0.496 e. The molecule has 0 aliphatic rings. The highest BCUT2D eigenvalue weighted by molar-refractivity contribution is 8.11. The van der Waals surface area contributed by atoms with Gasteiger partial charge in [0, 0.05) is 6.54 Å². The zero-order chi connectivity index (χ0) is 33.4. The molecule has 5 aromatic rings. The Morgan fingerprint density at radius 3 is 1.96 bits per heavy atom. The summed E-state index contributed by atoms with van der Waals surface area (Å²) in [6.07, 6.45) is -0.537. The maximum absolute atomic E-state index is 14.1. The third kappa shape index (κ3) is 7.14. The molecule has 3 aromatic heterocycles. The molecule has 11 nitrogen and oxygen atoms in total. The van der Waals surface area contributed by atoms with Crippen LogP contribution in [0.3, 0.4) is 0 Å². The second-order valence-electron chi connectivity index (χ2n) is 10.8. The zero-order valence-corrected chi connectivity index (χ0v) is 29.6. The van der Waals surface area contributed by atoms with Crippen LogP contribution in [0.25, 0.3) is 10.9 Å². The number of carbonyl (C=O) groups excluding carboxylic acids is 1. The summed E-state index contributed by atoms with van der Waals surface area (Å²) in [4.78, 5) is 12.0. The fourth-order valence-electron chi connectivity index (χ4n) is 4.41. The van der Waals surface area contributed by atoms with Gasteiger partial charge in [0.25, 0.3) is 20.0 Å². The Morgan fingerprint density at radius 2 is 1.46 bits per heavy atom.